The second-order valence-corrected chi connectivity index (χ2v) is 7.86. The molecule has 3 aromatic carbocycles. The first-order valence-electron chi connectivity index (χ1n) is 10.1. The average molecular weight is 521 g/mol. The summed E-state index contributed by atoms with van der Waals surface area (Å²) >= 11 is 3.48. The van der Waals surface area contributed by atoms with Gasteiger partial charge in [-0.05, 0) is 69.5 Å². The van der Waals surface area contributed by atoms with Gasteiger partial charge in [0.25, 0.3) is 5.91 Å². The first-order valence-corrected chi connectivity index (χ1v) is 10.9. The maximum Gasteiger partial charge on any atom is 0.337 e. The Labute approximate surface area is 205 Å². The summed E-state index contributed by atoms with van der Waals surface area (Å²) in [7, 11) is 2.80. The molecule has 0 saturated heterocycles. The van der Waals surface area contributed by atoms with Crippen LogP contribution < -0.4 is 14.8 Å². The van der Waals surface area contributed by atoms with Gasteiger partial charge in [-0.1, -0.05) is 30.3 Å². The largest absolute Gasteiger partial charge is 0.493 e. The van der Waals surface area contributed by atoms with E-state index in [1.807, 2.05) is 36.4 Å². The molecule has 0 aliphatic carbocycles. The lowest BCUT2D eigenvalue weighted by atomic mass is 10.1. The van der Waals surface area contributed by atoms with Crippen molar-refractivity contribution in [3.8, 4) is 17.6 Å². The molecule has 0 aliphatic heterocycles. The van der Waals surface area contributed by atoms with Gasteiger partial charge in [-0.15, -0.1) is 0 Å². The van der Waals surface area contributed by atoms with Crippen molar-refractivity contribution in [2.75, 3.05) is 19.5 Å². The number of anilines is 1. The van der Waals surface area contributed by atoms with Gasteiger partial charge in [-0.25, -0.2) is 4.79 Å². The van der Waals surface area contributed by atoms with E-state index in [1.165, 1.54) is 32.4 Å². The Morgan fingerprint density at radius 2 is 1.76 bits per heavy atom. The highest BCUT2D eigenvalue weighted by atomic mass is 79.9. The number of carbonyl (C=O) groups is 2. The number of rotatable bonds is 8. The van der Waals surface area contributed by atoms with Crippen LogP contribution >= 0.6 is 15.9 Å². The minimum absolute atomic E-state index is 0.107. The molecule has 172 valence electrons. The SMILES string of the molecule is COC(=O)c1ccc(NC(=O)/C(C#N)=C/c2cc(Br)c(OCc3ccccc3)c(OC)c2)cc1. The predicted molar refractivity (Wildman–Crippen MR) is 131 cm³/mol. The summed E-state index contributed by atoms with van der Waals surface area (Å²) in [6.45, 7) is 0.353. The Kier molecular flexibility index (Phi) is 8.43. The average Bonchev–Trinajstić information content (AvgIpc) is 2.86. The smallest absolute Gasteiger partial charge is 0.337 e. The summed E-state index contributed by atoms with van der Waals surface area (Å²) in [6, 6.07) is 21.2. The number of methoxy groups -OCH3 is 2. The van der Waals surface area contributed by atoms with Crippen molar-refractivity contribution < 1.29 is 23.8 Å². The number of nitrogens with zero attached hydrogens (tertiary/aromatic N) is 1. The molecule has 0 aromatic heterocycles. The zero-order chi connectivity index (χ0) is 24.5. The lowest BCUT2D eigenvalue weighted by Crippen LogP contribution is -2.13. The maximum absolute atomic E-state index is 12.6. The van der Waals surface area contributed by atoms with Crippen LogP contribution in [0, 0.1) is 11.3 Å². The predicted octanol–water partition coefficient (Wildman–Crippen LogP) is 5.37. The quantitative estimate of drug-likeness (QED) is 0.243. The summed E-state index contributed by atoms with van der Waals surface area (Å²) in [5.74, 6) is -0.108. The number of nitrogens with one attached hydrogen (secondary N) is 1. The second kappa shape index (κ2) is 11.7. The van der Waals surface area contributed by atoms with Crippen molar-refractivity contribution in [1.29, 1.82) is 5.26 Å². The molecule has 0 bridgehead atoms. The summed E-state index contributed by atoms with van der Waals surface area (Å²) < 4.78 is 16.7. The molecule has 0 aliphatic rings. The zero-order valence-corrected chi connectivity index (χ0v) is 20.1. The van der Waals surface area contributed by atoms with E-state index in [4.69, 9.17) is 9.47 Å². The Bertz CT molecular complexity index is 1250. The highest BCUT2D eigenvalue weighted by Crippen LogP contribution is 2.37. The molecule has 0 saturated carbocycles. The number of carbonyl (C=O) groups excluding carboxylic acids is 2. The number of hydrogen-bond donors (Lipinski definition) is 1. The van der Waals surface area contributed by atoms with E-state index in [-0.39, 0.29) is 5.57 Å². The molecule has 34 heavy (non-hydrogen) atoms. The third-order valence-corrected chi connectivity index (χ3v) is 5.31. The Balaban J connectivity index is 1.78. The van der Waals surface area contributed by atoms with E-state index in [1.54, 1.807) is 24.3 Å². The van der Waals surface area contributed by atoms with Crippen LogP contribution in [0.5, 0.6) is 11.5 Å². The van der Waals surface area contributed by atoms with Crippen LogP contribution in [0.1, 0.15) is 21.5 Å². The highest BCUT2D eigenvalue weighted by Gasteiger charge is 2.15. The molecule has 7 nitrogen and oxygen atoms in total. The van der Waals surface area contributed by atoms with Crippen LogP contribution in [0.4, 0.5) is 5.69 Å². The second-order valence-electron chi connectivity index (χ2n) is 7.00. The lowest BCUT2D eigenvalue weighted by Gasteiger charge is -2.14. The summed E-state index contributed by atoms with van der Waals surface area (Å²) in [5, 5.41) is 12.2. The lowest BCUT2D eigenvalue weighted by molar-refractivity contribution is -0.112. The van der Waals surface area contributed by atoms with E-state index < -0.39 is 11.9 Å². The van der Waals surface area contributed by atoms with Gasteiger partial charge in [0.15, 0.2) is 11.5 Å². The van der Waals surface area contributed by atoms with Gasteiger partial charge in [-0.3, -0.25) is 4.79 Å². The van der Waals surface area contributed by atoms with Gasteiger partial charge in [0.1, 0.15) is 18.2 Å². The zero-order valence-electron chi connectivity index (χ0n) is 18.5. The third-order valence-electron chi connectivity index (χ3n) is 4.72. The molecule has 0 fully saturated rings. The van der Waals surface area contributed by atoms with Crippen molar-refractivity contribution in [2.45, 2.75) is 6.61 Å². The Hall–Kier alpha value is -4.09. The molecule has 0 spiro atoms. The molecule has 0 atom stereocenters. The number of benzene rings is 3. The molecule has 1 N–H and O–H groups in total. The van der Waals surface area contributed by atoms with E-state index in [2.05, 4.69) is 26.0 Å². The van der Waals surface area contributed by atoms with Crippen LogP contribution in [-0.2, 0) is 16.1 Å². The van der Waals surface area contributed by atoms with Crippen LogP contribution in [0.3, 0.4) is 0 Å². The monoisotopic (exact) mass is 520 g/mol. The molecule has 0 unspecified atom stereocenters. The normalized spacial score (nSPS) is 10.7. The maximum atomic E-state index is 12.6. The topological polar surface area (TPSA) is 97.7 Å². The van der Waals surface area contributed by atoms with Crippen molar-refractivity contribution >= 4 is 39.6 Å². The number of hydrogen-bond acceptors (Lipinski definition) is 6. The molecule has 0 heterocycles. The third kappa shape index (κ3) is 6.24. The number of ether oxygens (including phenoxy) is 3. The highest BCUT2D eigenvalue weighted by molar-refractivity contribution is 9.10. The standard InChI is InChI=1S/C26H21BrN2O5/c1-32-23-14-18(13-22(27)24(23)34-16-17-6-4-3-5-7-17)12-20(15-28)25(30)29-21-10-8-19(9-11-21)26(31)33-2/h3-14H,16H2,1-2H3,(H,29,30)/b20-12+. The van der Waals surface area contributed by atoms with Crippen LogP contribution in [0.15, 0.2) is 76.8 Å². The van der Waals surface area contributed by atoms with Gasteiger partial charge in [0.2, 0.25) is 0 Å². The van der Waals surface area contributed by atoms with E-state index >= 15 is 0 Å². The molecule has 8 heteroatoms. The van der Waals surface area contributed by atoms with Crippen molar-refractivity contribution in [3.05, 3.63) is 93.5 Å². The van der Waals surface area contributed by atoms with Gasteiger partial charge in [0, 0.05) is 5.69 Å². The molecule has 0 radical (unpaired) electrons. The van der Waals surface area contributed by atoms with Gasteiger partial charge >= 0.3 is 5.97 Å². The first kappa shape index (κ1) is 24.6. The molecule has 3 rings (SSSR count). The molecule has 1 amide bonds. The fourth-order valence-corrected chi connectivity index (χ4v) is 3.59. The number of amides is 1. The summed E-state index contributed by atoms with van der Waals surface area (Å²) in [5.41, 5.74) is 2.25. The minimum atomic E-state index is -0.590. The minimum Gasteiger partial charge on any atom is -0.493 e. The van der Waals surface area contributed by atoms with Gasteiger partial charge < -0.3 is 19.5 Å². The van der Waals surface area contributed by atoms with E-state index in [0.717, 1.165) is 5.56 Å². The van der Waals surface area contributed by atoms with Crippen LogP contribution in [-0.4, -0.2) is 26.1 Å². The van der Waals surface area contributed by atoms with Crippen molar-refractivity contribution in [2.24, 2.45) is 0 Å². The number of esters is 1. The number of halogens is 1. The summed E-state index contributed by atoms with van der Waals surface area (Å²) in [4.78, 5) is 24.2. The van der Waals surface area contributed by atoms with E-state index in [0.29, 0.717) is 39.4 Å². The molecular formula is C26H21BrN2O5. The number of nitriles is 1. The van der Waals surface area contributed by atoms with Crippen molar-refractivity contribution in [1.82, 2.24) is 0 Å². The molecular weight excluding hydrogens is 500 g/mol. The summed E-state index contributed by atoms with van der Waals surface area (Å²) in [6.07, 6.45) is 1.45. The van der Waals surface area contributed by atoms with Crippen LogP contribution in [0.25, 0.3) is 6.08 Å². The molecule has 3 aromatic rings. The Morgan fingerprint density at radius 3 is 2.38 bits per heavy atom. The van der Waals surface area contributed by atoms with Crippen LogP contribution in [0.2, 0.25) is 0 Å². The van der Waals surface area contributed by atoms with Crippen molar-refractivity contribution in [3.63, 3.8) is 0 Å². The fraction of sp³-hybridized carbons (Fsp3) is 0.115. The fourth-order valence-electron chi connectivity index (χ4n) is 3.01. The van der Waals surface area contributed by atoms with E-state index in [9.17, 15) is 14.9 Å². The Morgan fingerprint density at radius 1 is 1.06 bits per heavy atom. The first-order chi connectivity index (χ1) is 16.4. The van der Waals surface area contributed by atoms with Gasteiger partial charge in [-0.2, -0.15) is 5.26 Å². The van der Waals surface area contributed by atoms with Gasteiger partial charge in [0.05, 0.1) is 24.3 Å².